The molecule has 0 saturated carbocycles. The number of cyclic esters (lactones) is 1. The average molecular weight is 477 g/mol. The number of halogens is 2. The zero-order valence-electron chi connectivity index (χ0n) is 17.3. The molecule has 7 nitrogen and oxygen atoms in total. The highest BCUT2D eigenvalue weighted by atomic mass is 35.5. The third kappa shape index (κ3) is 4.25. The number of nitrogens with zero attached hydrogens (tertiary/aromatic N) is 2. The van der Waals surface area contributed by atoms with Crippen LogP contribution >= 0.6 is 23.2 Å². The fourth-order valence-corrected chi connectivity index (χ4v) is 4.96. The molecule has 0 aromatic heterocycles. The number of amides is 1. The van der Waals surface area contributed by atoms with Gasteiger partial charge in [0.2, 0.25) is 12.7 Å². The standard InChI is InChI=1S/C23H22Cl2N2O5/c24-15-2-3-16(18(25)10-15)22-17(11-21(28)32-22)23(29)27-7-5-26(6-8-27)12-14-1-4-19-20(9-14)31-13-30-19/h1-4,9-10,17,22H,5-8,11-13H2/t17-,22?/m0/s1. The Balaban J connectivity index is 1.22. The Kier molecular flexibility index (Phi) is 5.88. The lowest BCUT2D eigenvalue weighted by Crippen LogP contribution is -2.50. The lowest BCUT2D eigenvalue weighted by molar-refractivity contribution is -0.142. The topological polar surface area (TPSA) is 68.3 Å². The van der Waals surface area contributed by atoms with Crippen LogP contribution in [0.2, 0.25) is 10.0 Å². The maximum absolute atomic E-state index is 13.3. The Labute approximate surface area is 195 Å². The van der Waals surface area contributed by atoms with Gasteiger partial charge in [-0.05, 0) is 29.8 Å². The number of benzene rings is 2. The first-order valence-electron chi connectivity index (χ1n) is 10.5. The molecule has 0 spiro atoms. The van der Waals surface area contributed by atoms with Crippen LogP contribution in [-0.2, 0) is 20.9 Å². The molecule has 2 saturated heterocycles. The van der Waals surface area contributed by atoms with Crippen molar-refractivity contribution in [2.24, 2.45) is 5.92 Å². The Bertz CT molecular complexity index is 1050. The molecule has 5 rings (SSSR count). The van der Waals surface area contributed by atoms with Crippen LogP contribution in [0.15, 0.2) is 36.4 Å². The first-order valence-corrected chi connectivity index (χ1v) is 11.3. The van der Waals surface area contributed by atoms with Crippen molar-refractivity contribution in [3.05, 3.63) is 57.6 Å². The van der Waals surface area contributed by atoms with Gasteiger partial charge in [0.1, 0.15) is 6.10 Å². The van der Waals surface area contributed by atoms with Gasteiger partial charge < -0.3 is 19.1 Å². The Morgan fingerprint density at radius 3 is 2.56 bits per heavy atom. The zero-order valence-corrected chi connectivity index (χ0v) is 18.8. The molecule has 3 aliphatic heterocycles. The lowest BCUT2D eigenvalue weighted by Gasteiger charge is -2.36. The van der Waals surface area contributed by atoms with Crippen molar-refractivity contribution in [3.63, 3.8) is 0 Å². The monoisotopic (exact) mass is 476 g/mol. The molecule has 2 aromatic rings. The molecule has 0 bridgehead atoms. The van der Waals surface area contributed by atoms with Crippen molar-refractivity contribution in [2.75, 3.05) is 33.0 Å². The van der Waals surface area contributed by atoms with Gasteiger partial charge in [-0.2, -0.15) is 0 Å². The minimum Gasteiger partial charge on any atom is -0.457 e. The number of fused-ring (bicyclic) bond motifs is 1. The molecule has 2 fully saturated rings. The van der Waals surface area contributed by atoms with Gasteiger partial charge in [-0.3, -0.25) is 14.5 Å². The van der Waals surface area contributed by atoms with Gasteiger partial charge >= 0.3 is 5.97 Å². The summed E-state index contributed by atoms with van der Waals surface area (Å²) in [6.45, 7) is 3.70. The SMILES string of the molecule is O=C1C[C@H](C(=O)N2CCN(Cc3ccc4c(c3)OCO4)CC2)C(c2ccc(Cl)cc2Cl)O1. The maximum atomic E-state index is 13.3. The number of esters is 1. The second-order valence-electron chi connectivity index (χ2n) is 8.18. The zero-order chi connectivity index (χ0) is 22.2. The van der Waals surface area contributed by atoms with Crippen molar-refractivity contribution in [3.8, 4) is 11.5 Å². The van der Waals surface area contributed by atoms with Crippen LogP contribution in [0.3, 0.4) is 0 Å². The molecular formula is C23H22Cl2N2O5. The number of hydrogen-bond donors (Lipinski definition) is 0. The summed E-state index contributed by atoms with van der Waals surface area (Å²) in [4.78, 5) is 29.4. The first-order chi connectivity index (χ1) is 15.5. The lowest BCUT2D eigenvalue weighted by atomic mass is 9.93. The van der Waals surface area contributed by atoms with E-state index in [1.54, 1.807) is 18.2 Å². The van der Waals surface area contributed by atoms with Crippen LogP contribution in [0, 0.1) is 5.92 Å². The quantitative estimate of drug-likeness (QED) is 0.627. The molecule has 2 aromatic carbocycles. The molecule has 168 valence electrons. The van der Waals surface area contributed by atoms with Crippen LogP contribution in [0.4, 0.5) is 0 Å². The van der Waals surface area contributed by atoms with Crippen molar-refractivity contribution < 1.29 is 23.8 Å². The molecule has 1 unspecified atom stereocenters. The number of ether oxygens (including phenoxy) is 3. The number of rotatable bonds is 4. The Morgan fingerprint density at radius 2 is 1.78 bits per heavy atom. The minimum absolute atomic E-state index is 0.0554. The highest BCUT2D eigenvalue weighted by molar-refractivity contribution is 6.35. The molecule has 2 atom stereocenters. The minimum atomic E-state index is -0.688. The fourth-order valence-electron chi connectivity index (χ4n) is 4.45. The summed E-state index contributed by atoms with van der Waals surface area (Å²) in [6.07, 6.45) is -0.633. The molecule has 9 heteroatoms. The van der Waals surface area contributed by atoms with Crippen LogP contribution in [0.1, 0.15) is 23.7 Å². The molecular weight excluding hydrogens is 455 g/mol. The van der Waals surface area contributed by atoms with Gasteiger partial charge in [0.15, 0.2) is 11.5 Å². The van der Waals surface area contributed by atoms with Gasteiger partial charge in [-0.15, -0.1) is 0 Å². The van der Waals surface area contributed by atoms with Gasteiger partial charge in [0.05, 0.1) is 12.3 Å². The van der Waals surface area contributed by atoms with Crippen LogP contribution in [-0.4, -0.2) is 54.6 Å². The van der Waals surface area contributed by atoms with E-state index in [0.29, 0.717) is 28.7 Å². The van der Waals surface area contributed by atoms with E-state index in [1.165, 1.54) is 0 Å². The third-order valence-electron chi connectivity index (χ3n) is 6.12. The second-order valence-corrected chi connectivity index (χ2v) is 9.02. The van der Waals surface area contributed by atoms with E-state index in [2.05, 4.69) is 4.90 Å². The largest absolute Gasteiger partial charge is 0.457 e. The number of piperazine rings is 1. The normalized spacial score (nSPS) is 22.8. The van der Waals surface area contributed by atoms with E-state index < -0.39 is 12.0 Å². The van der Waals surface area contributed by atoms with Gasteiger partial charge in [0.25, 0.3) is 0 Å². The smallest absolute Gasteiger partial charge is 0.307 e. The van der Waals surface area contributed by atoms with Crippen LogP contribution in [0.5, 0.6) is 11.5 Å². The van der Waals surface area contributed by atoms with Gasteiger partial charge in [-0.1, -0.05) is 35.3 Å². The molecule has 0 aliphatic carbocycles. The van der Waals surface area contributed by atoms with Crippen molar-refractivity contribution >= 4 is 35.1 Å². The van der Waals surface area contributed by atoms with Gasteiger partial charge in [-0.25, -0.2) is 0 Å². The van der Waals surface area contributed by atoms with Crippen molar-refractivity contribution in [1.82, 2.24) is 9.80 Å². The second kappa shape index (κ2) is 8.81. The summed E-state index contributed by atoms with van der Waals surface area (Å²) in [5.41, 5.74) is 1.75. The summed E-state index contributed by atoms with van der Waals surface area (Å²) >= 11 is 12.3. The number of carbonyl (C=O) groups excluding carboxylic acids is 2. The van der Waals surface area contributed by atoms with Gasteiger partial charge in [0, 0.05) is 48.3 Å². The Hall–Kier alpha value is -2.48. The van der Waals surface area contributed by atoms with Crippen molar-refractivity contribution in [2.45, 2.75) is 19.1 Å². The summed E-state index contributed by atoms with van der Waals surface area (Å²) in [5.74, 6) is 0.499. The third-order valence-corrected chi connectivity index (χ3v) is 6.69. The van der Waals surface area contributed by atoms with E-state index in [0.717, 1.165) is 36.7 Å². The van der Waals surface area contributed by atoms with Crippen molar-refractivity contribution in [1.29, 1.82) is 0 Å². The van der Waals surface area contributed by atoms with Crippen LogP contribution < -0.4 is 9.47 Å². The maximum Gasteiger partial charge on any atom is 0.307 e. The van der Waals surface area contributed by atoms with E-state index in [1.807, 2.05) is 23.1 Å². The Morgan fingerprint density at radius 1 is 1.00 bits per heavy atom. The average Bonchev–Trinajstić information content (AvgIpc) is 3.40. The summed E-state index contributed by atoms with van der Waals surface area (Å²) in [6, 6.07) is 11.0. The van der Waals surface area contributed by atoms with E-state index in [9.17, 15) is 9.59 Å². The summed E-state index contributed by atoms with van der Waals surface area (Å²) < 4.78 is 16.3. The van der Waals surface area contributed by atoms with E-state index >= 15 is 0 Å². The highest BCUT2D eigenvalue weighted by Gasteiger charge is 2.43. The fraction of sp³-hybridized carbons (Fsp3) is 0.391. The summed E-state index contributed by atoms with van der Waals surface area (Å²) in [5, 5.41) is 0.882. The molecule has 0 radical (unpaired) electrons. The number of hydrogen-bond acceptors (Lipinski definition) is 6. The first kappa shape index (κ1) is 21.4. The summed E-state index contributed by atoms with van der Waals surface area (Å²) in [7, 11) is 0. The molecule has 32 heavy (non-hydrogen) atoms. The molecule has 1 amide bonds. The number of carbonyl (C=O) groups is 2. The van der Waals surface area contributed by atoms with E-state index in [-0.39, 0.29) is 25.1 Å². The highest BCUT2D eigenvalue weighted by Crippen LogP contribution is 2.40. The van der Waals surface area contributed by atoms with Crippen LogP contribution in [0.25, 0.3) is 0 Å². The molecule has 3 heterocycles. The molecule has 3 aliphatic rings. The molecule has 0 N–H and O–H groups in total. The van der Waals surface area contributed by atoms with E-state index in [4.69, 9.17) is 37.4 Å². The predicted octanol–water partition coefficient (Wildman–Crippen LogP) is 3.67. The predicted molar refractivity (Wildman–Crippen MR) is 118 cm³/mol.